The molecule has 1 saturated carbocycles. The van der Waals surface area contributed by atoms with Gasteiger partial charge in [0.2, 0.25) is 0 Å². The van der Waals surface area contributed by atoms with Crippen molar-refractivity contribution in [1.82, 2.24) is 0 Å². The number of hydrogen-bond acceptors (Lipinski definition) is 1. The highest BCUT2D eigenvalue weighted by Gasteiger charge is 2.65. The first-order valence-corrected chi connectivity index (χ1v) is 6.57. The second-order valence-corrected chi connectivity index (χ2v) is 6.58. The number of benzene rings is 1. The van der Waals surface area contributed by atoms with Gasteiger partial charge in [0.25, 0.3) is 0 Å². The Hall–Kier alpha value is -0.890. The van der Waals surface area contributed by atoms with Gasteiger partial charge in [0.1, 0.15) is 4.90 Å². The van der Waals surface area contributed by atoms with Crippen LogP contribution in [-0.2, 0) is 5.67 Å². The lowest BCUT2D eigenvalue weighted by Gasteiger charge is -2.40. The molecule has 1 aromatic rings. The molecule has 0 heterocycles. The van der Waals surface area contributed by atoms with Crippen molar-refractivity contribution in [2.24, 2.45) is 5.73 Å². The highest BCUT2D eigenvalue weighted by molar-refractivity contribution is 8.45. The Morgan fingerprint density at radius 2 is 1.47 bits per heavy atom. The molecule has 1 aromatic carbocycles. The Morgan fingerprint density at radius 1 is 1.06 bits per heavy atom. The number of alkyl halides is 1. The third kappa shape index (κ3) is 2.23. The van der Waals surface area contributed by atoms with Crippen LogP contribution >= 0.6 is 10.2 Å². The van der Waals surface area contributed by atoms with E-state index in [2.05, 4.69) is 0 Å². The Labute approximate surface area is 93.3 Å². The minimum atomic E-state index is -9.67. The Balaban J connectivity index is 2.39. The first kappa shape index (κ1) is 12.6. The van der Waals surface area contributed by atoms with Gasteiger partial charge in [0.05, 0.1) is 0 Å². The van der Waals surface area contributed by atoms with Gasteiger partial charge in [0, 0.05) is 12.5 Å². The molecule has 0 saturated heterocycles. The van der Waals surface area contributed by atoms with Crippen LogP contribution in [0.15, 0.2) is 29.2 Å². The maximum Gasteiger partial charge on any atom is 0.310 e. The molecule has 98 valence electrons. The first-order chi connectivity index (χ1) is 7.33. The summed E-state index contributed by atoms with van der Waals surface area (Å²) in [6.07, 6.45) is -0.0112. The zero-order valence-electron chi connectivity index (χ0n) is 8.35. The standard InChI is InChI=1S/C9H9F6NS/c10-9(5-8(9)16)6-1-3-7(4-2-6)17(11,12,13,14)15/h1-4,8H,5,16H2/t8-,9+/m1/s1. The maximum absolute atomic E-state index is 13.7. The maximum atomic E-state index is 13.7. The van der Waals surface area contributed by atoms with Crippen molar-refractivity contribution in [3.05, 3.63) is 29.8 Å². The largest absolute Gasteiger partial charge is 0.325 e. The van der Waals surface area contributed by atoms with Gasteiger partial charge in [-0.3, -0.25) is 0 Å². The molecule has 1 aliphatic rings. The summed E-state index contributed by atoms with van der Waals surface area (Å²) >= 11 is 0. The van der Waals surface area contributed by atoms with E-state index in [9.17, 15) is 23.8 Å². The normalized spacial score (nSPS) is 32.8. The van der Waals surface area contributed by atoms with Crippen molar-refractivity contribution in [2.45, 2.75) is 23.0 Å². The summed E-state index contributed by atoms with van der Waals surface area (Å²) < 4.78 is 75.4. The van der Waals surface area contributed by atoms with Crippen LogP contribution in [-0.4, -0.2) is 6.04 Å². The Kier molecular flexibility index (Phi) is 1.91. The number of hydrogen-bond donors (Lipinski definition) is 1. The zero-order valence-corrected chi connectivity index (χ0v) is 9.16. The minimum Gasteiger partial charge on any atom is -0.325 e. The molecule has 17 heavy (non-hydrogen) atoms. The number of halogens is 6. The van der Waals surface area contributed by atoms with Gasteiger partial charge in [-0.15, -0.1) is 0 Å². The van der Waals surface area contributed by atoms with E-state index in [0.717, 1.165) is 0 Å². The van der Waals surface area contributed by atoms with Crippen LogP contribution in [0.2, 0.25) is 0 Å². The van der Waals surface area contributed by atoms with Crippen LogP contribution in [0, 0.1) is 0 Å². The number of rotatable bonds is 2. The lowest BCUT2D eigenvalue weighted by atomic mass is 10.1. The highest BCUT2D eigenvalue weighted by Crippen LogP contribution is 3.02. The van der Waals surface area contributed by atoms with Crippen LogP contribution < -0.4 is 5.73 Å². The van der Waals surface area contributed by atoms with Crippen molar-refractivity contribution in [3.8, 4) is 0 Å². The summed E-state index contributed by atoms with van der Waals surface area (Å²) in [7, 11) is -9.67. The summed E-state index contributed by atoms with van der Waals surface area (Å²) in [6, 6.07) is 1.03. The van der Waals surface area contributed by atoms with E-state index in [1.165, 1.54) is 0 Å². The molecule has 1 nitrogen and oxygen atoms in total. The third-order valence-electron chi connectivity index (χ3n) is 2.72. The molecule has 1 fully saturated rings. The van der Waals surface area contributed by atoms with Gasteiger partial charge < -0.3 is 5.73 Å². The molecule has 0 aliphatic heterocycles. The fourth-order valence-electron chi connectivity index (χ4n) is 1.58. The van der Waals surface area contributed by atoms with Crippen LogP contribution in [0.5, 0.6) is 0 Å². The average Bonchev–Trinajstić information content (AvgIpc) is 2.73. The van der Waals surface area contributed by atoms with Crippen LogP contribution in [0.25, 0.3) is 0 Å². The second-order valence-electron chi connectivity index (χ2n) is 4.17. The molecule has 2 rings (SSSR count). The van der Waals surface area contributed by atoms with Crippen molar-refractivity contribution < 1.29 is 23.8 Å². The van der Waals surface area contributed by atoms with E-state index in [4.69, 9.17) is 5.73 Å². The fourth-order valence-corrected chi connectivity index (χ4v) is 2.23. The van der Waals surface area contributed by atoms with Gasteiger partial charge in [-0.2, -0.15) is 0 Å². The van der Waals surface area contributed by atoms with E-state index in [-0.39, 0.29) is 24.1 Å². The predicted molar refractivity (Wildman–Crippen MR) is 53.2 cm³/mol. The van der Waals surface area contributed by atoms with E-state index >= 15 is 0 Å². The third-order valence-corrected chi connectivity index (χ3v) is 3.89. The molecular weight excluding hydrogens is 268 g/mol. The van der Waals surface area contributed by atoms with E-state index in [0.29, 0.717) is 12.1 Å². The van der Waals surface area contributed by atoms with Crippen molar-refractivity contribution >= 4 is 10.2 Å². The summed E-state index contributed by atoms with van der Waals surface area (Å²) in [5.74, 6) is 0. The molecule has 0 aromatic heterocycles. The van der Waals surface area contributed by atoms with E-state index in [1.54, 1.807) is 0 Å². The van der Waals surface area contributed by atoms with Gasteiger partial charge >= 0.3 is 10.2 Å². The van der Waals surface area contributed by atoms with Gasteiger partial charge in [-0.05, 0) is 17.7 Å². The van der Waals surface area contributed by atoms with Crippen molar-refractivity contribution in [1.29, 1.82) is 0 Å². The Bertz CT molecular complexity index is 466. The van der Waals surface area contributed by atoms with Gasteiger partial charge in [-0.25, -0.2) is 4.39 Å². The molecule has 0 spiro atoms. The minimum absolute atomic E-state index is 0.0112. The average molecular weight is 277 g/mol. The van der Waals surface area contributed by atoms with Crippen LogP contribution in [0.1, 0.15) is 12.0 Å². The lowest BCUT2D eigenvalue weighted by molar-refractivity contribution is 0.305. The topological polar surface area (TPSA) is 26.0 Å². The summed E-state index contributed by atoms with van der Waals surface area (Å²) in [4.78, 5) is -2.02. The van der Waals surface area contributed by atoms with Crippen LogP contribution in [0.4, 0.5) is 23.8 Å². The molecule has 1 aliphatic carbocycles. The molecule has 0 amide bonds. The molecule has 0 unspecified atom stereocenters. The molecule has 8 heteroatoms. The molecular formula is C9H9F6NS. The smallest absolute Gasteiger partial charge is 0.310 e. The highest BCUT2D eigenvalue weighted by atomic mass is 32.5. The summed E-state index contributed by atoms with van der Waals surface area (Å²) in [6.45, 7) is 0. The fraction of sp³-hybridized carbons (Fsp3) is 0.333. The molecule has 2 N–H and O–H groups in total. The van der Waals surface area contributed by atoms with Crippen molar-refractivity contribution in [3.63, 3.8) is 0 Å². The summed E-state index contributed by atoms with van der Waals surface area (Å²) in [5.41, 5.74) is 3.29. The van der Waals surface area contributed by atoms with E-state index in [1.807, 2.05) is 0 Å². The van der Waals surface area contributed by atoms with E-state index < -0.39 is 26.8 Å². The van der Waals surface area contributed by atoms with Gasteiger partial charge in [0.15, 0.2) is 5.67 Å². The zero-order chi connectivity index (χ0) is 13.2. The monoisotopic (exact) mass is 277 g/mol. The quantitative estimate of drug-likeness (QED) is 0.804. The SMILES string of the molecule is N[C@@H]1C[C@]1(F)c1ccc(S(F)(F)(F)(F)F)cc1. The number of nitrogens with two attached hydrogens (primary N) is 1. The van der Waals surface area contributed by atoms with Crippen LogP contribution in [0.3, 0.4) is 0 Å². The molecule has 2 atom stereocenters. The molecule has 0 radical (unpaired) electrons. The molecule has 0 bridgehead atoms. The second kappa shape index (κ2) is 2.59. The first-order valence-electron chi connectivity index (χ1n) is 4.62. The van der Waals surface area contributed by atoms with Gasteiger partial charge in [-0.1, -0.05) is 31.6 Å². The lowest BCUT2D eigenvalue weighted by Crippen LogP contribution is -2.13. The summed E-state index contributed by atoms with van der Waals surface area (Å²) in [5, 5.41) is 0. The van der Waals surface area contributed by atoms with Crippen molar-refractivity contribution in [2.75, 3.05) is 0 Å². The Morgan fingerprint density at radius 3 is 1.76 bits per heavy atom. The predicted octanol–water partition coefficient (Wildman–Crippen LogP) is 4.24.